The van der Waals surface area contributed by atoms with Gasteiger partial charge in [-0.2, -0.15) is 4.39 Å². The van der Waals surface area contributed by atoms with E-state index in [1.54, 1.807) is 13.8 Å². The quantitative estimate of drug-likeness (QED) is 0.474. The first kappa shape index (κ1) is 8.88. The zero-order valence-corrected chi connectivity index (χ0v) is 5.89. The lowest BCUT2D eigenvalue weighted by Crippen LogP contribution is -1.93. The Labute approximate surface area is 58.7 Å². The maximum absolute atomic E-state index is 12.1. The summed E-state index contributed by atoms with van der Waals surface area (Å²) in [5.74, 6) is -2.67. The van der Waals surface area contributed by atoms with E-state index in [1.807, 2.05) is 0 Å². The summed E-state index contributed by atoms with van der Waals surface area (Å²) >= 11 is 0. The number of carboxylic acids is 1. The van der Waals surface area contributed by atoms with Crippen molar-refractivity contribution in [3.8, 4) is 0 Å². The van der Waals surface area contributed by atoms with Crippen molar-refractivity contribution >= 4 is 5.97 Å². The van der Waals surface area contributed by atoms with Gasteiger partial charge in [0.2, 0.25) is 5.83 Å². The van der Waals surface area contributed by atoms with Gasteiger partial charge >= 0.3 is 5.97 Å². The van der Waals surface area contributed by atoms with E-state index in [2.05, 4.69) is 0 Å². The smallest absolute Gasteiger partial charge is 0.364 e. The monoisotopic (exact) mass is 144 g/mol. The molecule has 0 radical (unpaired) electrons. The lowest BCUT2D eigenvalue weighted by molar-refractivity contribution is -0.134. The van der Waals surface area contributed by atoms with Crippen LogP contribution < -0.4 is 0 Å². The minimum Gasteiger partial charge on any atom is -0.476 e. The average molecular weight is 144 g/mol. The Morgan fingerprint density at radius 2 is 1.90 bits per heavy atom. The fourth-order valence-electron chi connectivity index (χ4n) is 0.311. The van der Waals surface area contributed by atoms with Crippen molar-refractivity contribution in [3.05, 3.63) is 23.6 Å². The first-order valence-corrected chi connectivity index (χ1v) is 2.78. The topological polar surface area (TPSA) is 37.3 Å². The average Bonchev–Trinajstić information content (AvgIpc) is 1.82. The van der Waals surface area contributed by atoms with Gasteiger partial charge in [0.15, 0.2) is 0 Å². The zero-order chi connectivity index (χ0) is 8.15. The van der Waals surface area contributed by atoms with Crippen LogP contribution in [0.2, 0.25) is 0 Å². The largest absolute Gasteiger partial charge is 0.476 e. The van der Waals surface area contributed by atoms with Gasteiger partial charge in [-0.15, -0.1) is 0 Å². The second kappa shape index (κ2) is 3.82. The van der Waals surface area contributed by atoms with E-state index in [1.165, 1.54) is 6.08 Å². The van der Waals surface area contributed by atoms with E-state index in [0.717, 1.165) is 11.6 Å². The van der Waals surface area contributed by atoms with Gasteiger partial charge in [-0.05, 0) is 19.9 Å². The van der Waals surface area contributed by atoms with E-state index < -0.39 is 11.8 Å². The van der Waals surface area contributed by atoms with Crippen molar-refractivity contribution in [2.75, 3.05) is 0 Å². The standard InChI is InChI=1S/C7H9FO2/c1-5(2)3-4-6(8)7(9)10/h3-4H,1-2H3,(H,9,10)/b6-4+. The number of allylic oxidation sites excluding steroid dienone is 3. The molecule has 0 atom stereocenters. The summed E-state index contributed by atoms with van der Waals surface area (Å²) in [6, 6.07) is 0. The molecular formula is C7H9FO2. The molecule has 3 heteroatoms. The molecule has 0 spiro atoms. The van der Waals surface area contributed by atoms with Gasteiger partial charge in [0.25, 0.3) is 0 Å². The van der Waals surface area contributed by atoms with Crippen molar-refractivity contribution in [1.82, 2.24) is 0 Å². The predicted molar refractivity (Wildman–Crippen MR) is 36.3 cm³/mol. The van der Waals surface area contributed by atoms with Crippen LogP contribution in [-0.2, 0) is 4.79 Å². The zero-order valence-electron chi connectivity index (χ0n) is 5.89. The Morgan fingerprint density at radius 3 is 2.20 bits per heavy atom. The van der Waals surface area contributed by atoms with Crippen molar-refractivity contribution in [2.45, 2.75) is 13.8 Å². The number of hydrogen-bond acceptors (Lipinski definition) is 1. The Bertz CT molecular complexity index is 188. The maximum Gasteiger partial charge on any atom is 0.364 e. The molecule has 0 aromatic rings. The molecule has 0 heterocycles. The van der Waals surface area contributed by atoms with Crippen LogP contribution in [0.3, 0.4) is 0 Å². The normalized spacial score (nSPS) is 10.9. The van der Waals surface area contributed by atoms with Crippen molar-refractivity contribution in [3.63, 3.8) is 0 Å². The van der Waals surface area contributed by atoms with Crippen LogP contribution in [0.15, 0.2) is 23.6 Å². The fourth-order valence-corrected chi connectivity index (χ4v) is 0.311. The third kappa shape index (κ3) is 3.83. The first-order chi connectivity index (χ1) is 4.54. The number of carboxylic acid groups (broad SMARTS) is 1. The van der Waals surface area contributed by atoms with E-state index in [4.69, 9.17) is 5.11 Å². The van der Waals surface area contributed by atoms with E-state index >= 15 is 0 Å². The van der Waals surface area contributed by atoms with Gasteiger partial charge in [0.1, 0.15) is 0 Å². The van der Waals surface area contributed by atoms with Gasteiger partial charge in [-0.3, -0.25) is 0 Å². The van der Waals surface area contributed by atoms with Crippen molar-refractivity contribution in [1.29, 1.82) is 0 Å². The highest BCUT2D eigenvalue weighted by molar-refractivity contribution is 5.84. The molecule has 0 bridgehead atoms. The molecule has 56 valence electrons. The van der Waals surface area contributed by atoms with Crippen LogP contribution in [0, 0.1) is 0 Å². The van der Waals surface area contributed by atoms with Gasteiger partial charge < -0.3 is 5.11 Å². The van der Waals surface area contributed by atoms with Crippen LogP contribution in [0.4, 0.5) is 4.39 Å². The summed E-state index contributed by atoms with van der Waals surface area (Å²) in [6.07, 6.45) is 2.33. The molecule has 1 N–H and O–H groups in total. The number of hydrogen-bond donors (Lipinski definition) is 1. The van der Waals surface area contributed by atoms with E-state index in [-0.39, 0.29) is 0 Å². The SMILES string of the molecule is CC(C)=C/C=C(/F)C(=O)O. The van der Waals surface area contributed by atoms with Gasteiger partial charge in [0.05, 0.1) is 0 Å². The lowest BCUT2D eigenvalue weighted by Gasteiger charge is -1.84. The second-order valence-electron chi connectivity index (χ2n) is 2.06. The molecule has 0 aliphatic rings. The molecule has 0 saturated carbocycles. The molecule has 2 nitrogen and oxygen atoms in total. The van der Waals surface area contributed by atoms with Gasteiger partial charge in [0, 0.05) is 0 Å². The molecule has 0 aromatic carbocycles. The third-order valence-electron chi connectivity index (χ3n) is 0.767. The summed E-state index contributed by atoms with van der Waals surface area (Å²) in [5.41, 5.74) is 0.858. The minimum absolute atomic E-state index is 0.858. The molecule has 0 saturated heterocycles. The molecule has 0 aliphatic carbocycles. The van der Waals surface area contributed by atoms with Gasteiger partial charge in [-0.1, -0.05) is 11.6 Å². The van der Waals surface area contributed by atoms with Crippen molar-refractivity contribution < 1.29 is 14.3 Å². The summed E-state index contributed by atoms with van der Waals surface area (Å²) in [4.78, 5) is 9.84. The first-order valence-electron chi connectivity index (χ1n) is 2.78. The molecule has 10 heavy (non-hydrogen) atoms. The van der Waals surface area contributed by atoms with Gasteiger partial charge in [-0.25, -0.2) is 4.79 Å². The molecule has 0 unspecified atom stereocenters. The molecule has 0 aliphatic heterocycles. The van der Waals surface area contributed by atoms with E-state index in [0.29, 0.717) is 0 Å². The second-order valence-corrected chi connectivity index (χ2v) is 2.06. The van der Waals surface area contributed by atoms with Crippen molar-refractivity contribution in [2.24, 2.45) is 0 Å². The van der Waals surface area contributed by atoms with Crippen LogP contribution in [0.25, 0.3) is 0 Å². The molecule has 0 aromatic heterocycles. The third-order valence-corrected chi connectivity index (χ3v) is 0.767. The highest BCUT2D eigenvalue weighted by Gasteiger charge is 2.01. The molecular weight excluding hydrogens is 135 g/mol. The lowest BCUT2D eigenvalue weighted by atomic mass is 10.3. The van der Waals surface area contributed by atoms with Crippen LogP contribution in [0.1, 0.15) is 13.8 Å². The Hall–Kier alpha value is -1.12. The molecule has 0 rings (SSSR count). The van der Waals surface area contributed by atoms with Crippen LogP contribution in [0.5, 0.6) is 0 Å². The van der Waals surface area contributed by atoms with Crippen LogP contribution >= 0.6 is 0 Å². The highest BCUT2D eigenvalue weighted by Crippen LogP contribution is 1.98. The Balaban J connectivity index is 4.19. The van der Waals surface area contributed by atoms with E-state index in [9.17, 15) is 9.18 Å². The Morgan fingerprint density at radius 1 is 1.40 bits per heavy atom. The summed E-state index contributed by atoms with van der Waals surface area (Å²) < 4.78 is 12.1. The maximum atomic E-state index is 12.1. The molecule has 0 fully saturated rings. The van der Waals surface area contributed by atoms with Crippen LogP contribution in [-0.4, -0.2) is 11.1 Å². The molecule has 0 amide bonds. The number of halogens is 1. The summed E-state index contributed by atoms with van der Waals surface area (Å²) in [5, 5.41) is 8.02. The predicted octanol–water partition coefficient (Wildman–Crippen LogP) is 1.89. The Kier molecular flexibility index (Phi) is 3.39. The highest BCUT2D eigenvalue weighted by atomic mass is 19.1. The number of aliphatic carboxylic acids is 1. The number of carbonyl (C=O) groups is 1. The minimum atomic E-state index is -1.53. The summed E-state index contributed by atoms with van der Waals surface area (Å²) in [7, 11) is 0. The fraction of sp³-hybridized carbons (Fsp3) is 0.286. The number of rotatable bonds is 2. The summed E-state index contributed by atoms with van der Waals surface area (Å²) in [6.45, 7) is 3.51.